The molecule has 3 heterocycles. The van der Waals surface area contributed by atoms with Gasteiger partial charge in [0, 0.05) is 50.4 Å². The van der Waals surface area contributed by atoms with Crippen LogP contribution in [0.5, 0.6) is 11.5 Å². The zero-order valence-electron chi connectivity index (χ0n) is 17.1. The molecule has 0 spiro atoms. The van der Waals surface area contributed by atoms with E-state index in [4.69, 9.17) is 14.7 Å². The van der Waals surface area contributed by atoms with Crippen molar-refractivity contribution in [2.24, 2.45) is 0 Å². The quantitative estimate of drug-likeness (QED) is 0.543. The number of hydrazine groups is 1. The second-order valence-electron chi connectivity index (χ2n) is 7.17. The summed E-state index contributed by atoms with van der Waals surface area (Å²) in [6.07, 6.45) is 3.67. The summed E-state index contributed by atoms with van der Waals surface area (Å²) in [6.45, 7) is 3.83. The first-order chi connectivity index (χ1) is 14.7. The van der Waals surface area contributed by atoms with Crippen LogP contribution in [-0.4, -0.2) is 56.5 Å². The minimum atomic E-state index is -0.0699. The molecule has 10 heteroatoms. The summed E-state index contributed by atoms with van der Waals surface area (Å²) in [7, 11) is 3.37. The van der Waals surface area contributed by atoms with Crippen molar-refractivity contribution in [2.45, 2.75) is 18.6 Å². The number of anilines is 2. The molecule has 1 aromatic heterocycles. The SMILES string of the molecule is COc1cc(N2CCNCC2)cc(OC)c1C1CC(Nc2cnc(C#N)cn2)NN1. The highest BCUT2D eigenvalue weighted by Crippen LogP contribution is 2.41. The Kier molecular flexibility index (Phi) is 6.13. The number of hydrogen-bond donors (Lipinski definition) is 4. The Morgan fingerprint density at radius 1 is 1.10 bits per heavy atom. The first-order valence-electron chi connectivity index (χ1n) is 9.93. The molecule has 0 amide bonds. The molecule has 2 aromatic rings. The standard InChI is InChI=1S/C20H26N8O2/c1-29-16-7-14(28-5-3-22-4-6-28)8-17(30-2)20(16)15-9-18(27-26-15)25-19-12-23-13(10-21)11-24-19/h7-8,11-12,15,18,22,26-27H,3-6,9H2,1-2H3,(H,24,25). The maximum Gasteiger partial charge on any atom is 0.158 e. The summed E-state index contributed by atoms with van der Waals surface area (Å²) >= 11 is 0. The third kappa shape index (κ3) is 4.23. The van der Waals surface area contributed by atoms with Gasteiger partial charge in [0.25, 0.3) is 0 Å². The zero-order chi connectivity index (χ0) is 20.9. The van der Waals surface area contributed by atoms with Crippen LogP contribution in [0.3, 0.4) is 0 Å². The molecule has 2 unspecified atom stereocenters. The van der Waals surface area contributed by atoms with E-state index in [1.54, 1.807) is 20.4 Å². The van der Waals surface area contributed by atoms with E-state index in [-0.39, 0.29) is 17.9 Å². The van der Waals surface area contributed by atoms with E-state index in [9.17, 15) is 0 Å². The smallest absolute Gasteiger partial charge is 0.158 e. The van der Waals surface area contributed by atoms with Crippen LogP contribution in [0.25, 0.3) is 0 Å². The Morgan fingerprint density at radius 2 is 1.83 bits per heavy atom. The third-order valence-electron chi connectivity index (χ3n) is 5.35. The van der Waals surface area contributed by atoms with Crippen molar-refractivity contribution in [3.63, 3.8) is 0 Å². The molecule has 2 atom stereocenters. The second kappa shape index (κ2) is 9.13. The molecule has 1 aromatic carbocycles. The van der Waals surface area contributed by atoms with E-state index in [0.717, 1.165) is 55.3 Å². The molecule has 0 radical (unpaired) electrons. The molecule has 4 rings (SSSR count). The molecular weight excluding hydrogens is 384 g/mol. The average molecular weight is 410 g/mol. The van der Waals surface area contributed by atoms with Crippen molar-refractivity contribution < 1.29 is 9.47 Å². The van der Waals surface area contributed by atoms with Crippen molar-refractivity contribution in [3.05, 3.63) is 35.8 Å². The van der Waals surface area contributed by atoms with Gasteiger partial charge in [-0.3, -0.25) is 0 Å². The van der Waals surface area contributed by atoms with Gasteiger partial charge in [-0.2, -0.15) is 5.26 Å². The summed E-state index contributed by atoms with van der Waals surface area (Å²) in [5.74, 6) is 2.18. The van der Waals surface area contributed by atoms with Crippen molar-refractivity contribution in [1.82, 2.24) is 26.1 Å². The van der Waals surface area contributed by atoms with Crippen molar-refractivity contribution in [2.75, 3.05) is 50.6 Å². The Labute approximate surface area is 175 Å². The second-order valence-corrected chi connectivity index (χ2v) is 7.17. The van der Waals surface area contributed by atoms with Crippen molar-refractivity contribution in [3.8, 4) is 17.6 Å². The predicted molar refractivity (Wildman–Crippen MR) is 112 cm³/mol. The summed E-state index contributed by atoms with van der Waals surface area (Å²) in [5, 5.41) is 15.5. The van der Waals surface area contributed by atoms with Crippen LogP contribution in [0.1, 0.15) is 23.7 Å². The lowest BCUT2D eigenvalue weighted by atomic mass is 10.0. The fourth-order valence-electron chi connectivity index (χ4n) is 3.85. The molecular formula is C20H26N8O2. The molecule has 4 N–H and O–H groups in total. The molecule has 2 aliphatic heterocycles. The van der Waals surface area contributed by atoms with E-state index in [1.165, 1.54) is 6.20 Å². The molecule has 0 bridgehead atoms. The van der Waals surface area contributed by atoms with E-state index < -0.39 is 0 Å². The average Bonchev–Trinajstić information content (AvgIpc) is 3.27. The predicted octanol–water partition coefficient (Wildman–Crippen LogP) is 0.752. The molecule has 30 heavy (non-hydrogen) atoms. The number of nitrogens with one attached hydrogen (secondary N) is 4. The number of methoxy groups -OCH3 is 2. The fraction of sp³-hybridized carbons (Fsp3) is 0.450. The lowest BCUT2D eigenvalue weighted by Crippen LogP contribution is -2.43. The van der Waals surface area contributed by atoms with Crippen LogP contribution >= 0.6 is 0 Å². The number of nitrogens with zero attached hydrogens (tertiary/aromatic N) is 4. The highest BCUT2D eigenvalue weighted by molar-refractivity contribution is 5.61. The van der Waals surface area contributed by atoms with Crippen LogP contribution in [0.4, 0.5) is 11.5 Å². The number of benzene rings is 1. The first kappa shape index (κ1) is 20.2. The maximum absolute atomic E-state index is 8.85. The van der Waals surface area contributed by atoms with Gasteiger partial charge in [0.05, 0.1) is 44.4 Å². The topological polar surface area (TPSA) is 119 Å². The molecule has 10 nitrogen and oxygen atoms in total. The number of aromatic nitrogens is 2. The molecule has 0 saturated carbocycles. The van der Waals surface area contributed by atoms with Gasteiger partial charge in [0.15, 0.2) is 5.69 Å². The van der Waals surface area contributed by atoms with E-state index in [2.05, 4.69) is 48.5 Å². The van der Waals surface area contributed by atoms with Gasteiger partial charge in [0.1, 0.15) is 23.4 Å². The van der Waals surface area contributed by atoms with Crippen LogP contribution in [-0.2, 0) is 0 Å². The minimum absolute atomic E-state index is 0.0178. The van der Waals surface area contributed by atoms with Gasteiger partial charge >= 0.3 is 0 Å². The summed E-state index contributed by atoms with van der Waals surface area (Å²) < 4.78 is 11.5. The Balaban J connectivity index is 1.52. The Bertz CT molecular complexity index is 883. The lowest BCUT2D eigenvalue weighted by Gasteiger charge is -2.31. The van der Waals surface area contributed by atoms with Gasteiger partial charge in [-0.1, -0.05) is 0 Å². The van der Waals surface area contributed by atoms with Gasteiger partial charge in [-0.15, -0.1) is 0 Å². The number of nitriles is 1. The molecule has 2 saturated heterocycles. The number of piperazine rings is 1. The number of ether oxygens (including phenoxy) is 2. The largest absolute Gasteiger partial charge is 0.496 e. The molecule has 2 aliphatic rings. The number of rotatable bonds is 6. The van der Waals surface area contributed by atoms with Gasteiger partial charge in [-0.25, -0.2) is 20.8 Å². The van der Waals surface area contributed by atoms with E-state index >= 15 is 0 Å². The van der Waals surface area contributed by atoms with Crippen LogP contribution in [0.15, 0.2) is 24.5 Å². The zero-order valence-corrected chi connectivity index (χ0v) is 17.1. The van der Waals surface area contributed by atoms with Crippen molar-refractivity contribution in [1.29, 1.82) is 5.26 Å². The lowest BCUT2D eigenvalue weighted by molar-refractivity contribution is 0.373. The van der Waals surface area contributed by atoms with E-state index in [1.807, 2.05) is 6.07 Å². The van der Waals surface area contributed by atoms with Crippen LogP contribution in [0.2, 0.25) is 0 Å². The van der Waals surface area contributed by atoms with Gasteiger partial charge < -0.3 is 25.0 Å². The summed E-state index contributed by atoms with van der Waals surface area (Å²) in [5.41, 5.74) is 8.92. The van der Waals surface area contributed by atoms with Crippen molar-refractivity contribution >= 4 is 11.5 Å². The maximum atomic E-state index is 8.85. The van der Waals surface area contributed by atoms with Gasteiger partial charge in [-0.05, 0) is 0 Å². The molecule has 158 valence electrons. The first-order valence-corrected chi connectivity index (χ1v) is 9.93. The summed E-state index contributed by atoms with van der Waals surface area (Å²) in [4.78, 5) is 10.6. The molecule has 0 aliphatic carbocycles. The van der Waals surface area contributed by atoms with Crippen LogP contribution in [0, 0.1) is 11.3 Å². The number of hydrogen-bond acceptors (Lipinski definition) is 10. The van der Waals surface area contributed by atoms with Gasteiger partial charge in [0.2, 0.25) is 0 Å². The molecule has 2 fully saturated rings. The van der Waals surface area contributed by atoms with E-state index in [0.29, 0.717) is 5.82 Å². The highest BCUT2D eigenvalue weighted by Gasteiger charge is 2.31. The Morgan fingerprint density at radius 3 is 2.43 bits per heavy atom. The highest BCUT2D eigenvalue weighted by atomic mass is 16.5. The minimum Gasteiger partial charge on any atom is -0.496 e. The normalized spacial score (nSPS) is 21.2. The fourth-order valence-corrected chi connectivity index (χ4v) is 3.85. The Hall–Kier alpha value is -3.13. The van der Waals surface area contributed by atoms with Crippen LogP contribution < -0.4 is 35.9 Å². The summed E-state index contributed by atoms with van der Waals surface area (Å²) in [6, 6.07) is 6.11. The third-order valence-corrected chi connectivity index (χ3v) is 5.35. The monoisotopic (exact) mass is 410 g/mol.